The summed E-state index contributed by atoms with van der Waals surface area (Å²) < 4.78 is 0. The van der Waals surface area contributed by atoms with Gasteiger partial charge < -0.3 is 10.2 Å². The lowest BCUT2D eigenvalue weighted by Gasteiger charge is -2.23. The maximum Gasteiger partial charge on any atom is 0.336 e. The Morgan fingerprint density at radius 1 is 0.429 bits per heavy atom. The summed E-state index contributed by atoms with van der Waals surface area (Å²) in [5.41, 5.74) is 5.17. The largest absolute Gasteiger partial charge is 0.478 e. The topological polar surface area (TPSA) is 74.6 Å². The van der Waals surface area contributed by atoms with Gasteiger partial charge in [-0.1, -0.05) is 103 Å². The van der Waals surface area contributed by atoms with Crippen LogP contribution in [0.15, 0.2) is 109 Å². The molecule has 0 saturated carbocycles. The second kappa shape index (κ2) is 9.57. The Labute approximate surface area is 242 Å². The third-order valence-corrected chi connectivity index (χ3v) is 8.59. The van der Waals surface area contributed by atoms with E-state index < -0.39 is 11.9 Å². The van der Waals surface area contributed by atoms with Crippen molar-refractivity contribution in [3.05, 3.63) is 131 Å². The monoisotopic (exact) mass is 546 g/mol. The number of carbonyl (C=O) groups is 2. The summed E-state index contributed by atoms with van der Waals surface area (Å²) in [5.74, 6) is -1.97. The van der Waals surface area contributed by atoms with E-state index in [9.17, 15) is 19.8 Å². The van der Waals surface area contributed by atoms with Crippen LogP contribution in [0.4, 0.5) is 0 Å². The quantitative estimate of drug-likeness (QED) is 0.216. The second-order valence-corrected chi connectivity index (χ2v) is 10.7. The highest BCUT2D eigenvalue weighted by atomic mass is 16.4. The molecule has 0 saturated heterocycles. The van der Waals surface area contributed by atoms with Crippen molar-refractivity contribution in [2.75, 3.05) is 0 Å². The van der Waals surface area contributed by atoms with Crippen molar-refractivity contribution in [3.8, 4) is 22.3 Å². The molecule has 0 aliphatic heterocycles. The van der Waals surface area contributed by atoms with Crippen molar-refractivity contribution in [2.45, 2.75) is 13.8 Å². The first kappa shape index (κ1) is 25.5. The molecule has 0 amide bonds. The van der Waals surface area contributed by atoms with Gasteiger partial charge >= 0.3 is 11.9 Å². The molecule has 0 unspecified atom stereocenters. The minimum absolute atomic E-state index is 0.222. The Morgan fingerprint density at radius 2 is 0.857 bits per heavy atom. The normalized spacial score (nSPS) is 11.5. The summed E-state index contributed by atoms with van der Waals surface area (Å²) >= 11 is 0. The number of hydrogen-bond acceptors (Lipinski definition) is 2. The van der Waals surface area contributed by atoms with Crippen molar-refractivity contribution < 1.29 is 19.8 Å². The summed E-state index contributed by atoms with van der Waals surface area (Å²) in [7, 11) is 0. The third-order valence-electron chi connectivity index (χ3n) is 8.59. The molecule has 0 heterocycles. The zero-order valence-corrected chi connectivity index (χ0v) is 23.1. The van der Waals surface area contributed by atoms with Gasteiger partial charge in [0.15, 0.2) is 0 Å². The van der Waals surface area contributed by atoms with Crippen molar-refractivity contribution >= 4 is 55.0 Å². The lowest BCUT2D eigenvalue weighted by atomic mass is 9.80. The van der Waals surface area contributed by atoms with Crippen molar-refractivity contribution in [2.24, 2.45) is 0 Å². The molecule has 7 aromatic carbocycles. The Morgan fingerprint density at radius 3 is 1.36 bits per heavy atom. The zero-order chi connectivity index (χ0) is 29.1. The molecular weight excluding hydrogens is 520 g/mol. The first-order valence-corrected chi connectivity index (χ1v) is 13.8. The molecule has 4 heteroatoms. The lowest BCUT2D eigenvalue weighted by molar-refractivity contribution is 0.0686. The van der Waals surface area contributed by atoms with Gasteiger partial charge in [-0.25, -0.2) is 9.59 Å². The molecule has 0 spiro atoms. The molecule has 0 bridgehead atoms. The molecular formula is C38H26O4. The van der Waals surface area contributed by atoms with Crippen LogP contribution in [0.1, 0.15) is 31.8 Å². The van der Waals surface area contributed by atoms with E-state index in [0.29, 0.717) is 11.1 Å². The number of hydrogen-bond donors (Lipinski definition) is 2. The standard InChI is InChI=1S/C38H26O4/c1-21-22(2)32(38(41)42)36(26-14-6-5-12-24(21)26)35-29-17-9-7-15-27(29)34(28-16-8-10-18-30(28)35)33-25-13-4-3-11-23(25)19-20-31(33)37(39)40/h3-20H,1-2H3,(H,39,40)(H,41,42). The Bertz CT molecular complexity index is 2220. The van der Waals surface area contributed by atoms with E-state index >= 15 is 0 Å². The highest BCUT2D eigenvalue weighted by molar-refractivity contribution is 6.28. The molecule has 0 aliphatic carbocycles. The van der Waals surface area contributed by atoms with Crippen LogP contribution in [0.25, 0.3) is 65.3 Å². The fourth-order valence-electron chi connectivity index (χ4n) is 6.65. The maximum atomic E-state index is 13.0. The molecule has 42 heavy (non-hydrogen) atoms. The molecule has 202 valence electrons. The predicted molar refractivity (Wildman–Crippen MR) is 171 cm³/mol. The maximum absolute atomic E-state index is 13.0. The summed E-state index contributed by atoms with van der Waals surface area (Å²) in [4.78, 5) is 25.6. The van der Waals surface area contributed by atoms with Crippen LogP contribution >= 0.6 is 0 Å². The first-order valence-electron chi connectivity index (χ1n) is 13.8. The molecule has 7 rings (SSSR count). The van der Waals surface area contributed by atoms with Crippen LogP contribution in [0.3, 0.4) is 0 Å². The van der Waals surface area contributed by atoms with Gasteiger partial charge in [0, 0.05) is 11.1 Å². The van der Waals surface area contributed by atoms with E-state index in [-0.39, 0.29) is 11.1 Å². The molecule has 7 aromatic rings. The van der Waals surface area contributed by atoms with Crippen molar-refractivity contribution in [1.29, 1.82) is 0 Å². The van der Waals surface area contributed by atoms with Gasteiger partial charge in [-0.2, -0.15) is 0 Å². The van der Waals surface area contributed by atoms with E-state index in [4.69, 9.17) is 0 Å². The number of benzene rings is 7. The lowest BCUT2D eigenvalue weighted by Crippen LogP contribution is -2.07. The highest BCUT2D eigenvalue weighted by Gasteiger charge is 2.27. The fourth-order valence-corrected chi connectivity index (χ4v) is 6.65. The Hall–Kier alpha value is -5.48. The molecule has 0 atom stereocenters. The minimum Gasteiger partial charge on any atom is -0.478 e. The summed E-state index contributed by atoms with van der Waals surface area (Å²) in [6, 6.07) is 35.2. The number of carboxylic acid groups (broad SMARTS) is 2. The van der Waals surface area contributed by atoms with Crippen molar-refractivity contribution in [1.82, 2.24) is 0 Å². The highest BCUT2D eigenvalue weighted by Crippen LogP contribution is 2.49. The molecule has 2 N–H and O–H groups in total. The van der Waals surface area contributed by atoms with E-state index in [1.165, 1.54) is 0 Å². The summed E-state index contributed by atoms with van der Waals surface area (Å²) in [5, 5.41) is 28.1. The van der Waals surface area contributed by atoms with Crippen LogP contribution < -0.4 is 0 Å². The van der Waals surface area contributed by atoms with Gasteiger partial charge in [0.25, 0.3) is 0 Å². The van der Waals surface area contributed by atoms with Crippen LogP contribution in [0, 0.1) is 13.8 Å². The molecule has 4 nitrogen and oxygen atoms in total. The van der Waals surface area contributed by atoms with E-state index in [1.807, 2.05) is 117 Å². The second-order valence-electron chi connectivity index (χ2n) is 10.7. The number of carboxylic acids is 2. The molecule has 0 fully saturated rings. The van der Waals surface area contributed by atoms with E-state index in [2.05, 4.69) is 0 Å². The third kappa shape index (κ3) is 3.62. The predicted octanol–water partition coefficient (Wildman–Crippen LogP) is 9.65. The summed E-state index contributed by atoms with van der Waals surface area (Å²) in [6.07, 6.45) is 0. The van der Waals surface area contributed by atoms with Gasteiger partial charge in [0.1, 0.15) is 0 Å². The number of aryl methyl sites for hydroxylation is 1. The number of fused-ring (bicyclic) bond motifs is 4. The Balaban J connectivity index is 1.77. The summed E-state index contributed by atoms with van der Waals surface area (Å²) in [6.45, 7) is 3.85. The average Bonchev–Trinajstić information content (AvgIpc) is 3.01. The van der Waals surface area contributed by atoms with E-state index in [1.54, 1.807) is 6.07 Å². The van der Waals surface area contributed by atoms with E-state index in [0.717, 1.165) is 65.3 Å². The van der Waals surface area contributed by atoms with Crippen LogP contribution in [-0.4, -0.2) is 22.2 Å². The number of rotatable bonds is 4. The average molecular weight is 547 g/mol. The first-order chi connectivity index (χ1) is 20.4. The Kier molecular flexibility index (Phi) is 5.80. The van der Waals surface area contributed by atoms with Gasteiger partial charge in [0.05, 0.1) is 11.1 Å². The van der Waals surface area contributed by atoms with Crippen LogP contribution in [0.2, 0.25) is 0 Å². The van der Waals surface area contributed by atoms with Gasteiger partial charge in [-0.3, -0.25) is 0 Å². The SMILES string of the molecule is Cc1c(C(=O)O)c(-c2c3ccccc3c(-c3c(C(=O)O)ccc4ccccc34)c3ccccc23)c2ccccc2c1C. The van der Waals surface area contributed by atoms with Gasteiger partial charge in [0.2, 0.25) is 0 Å². The minimum atomic E-state index is -0.999. The fraction of sp³-hybridized carbons (Fsp3) is 0.0526. The van der Waals surface area contributed by atoms with Crippen LogP contribution in [0.5, 0.6) is 0 Å². The molecule has 0 aliphatic rings. The van der Waals surface area contributed by atoms with Crippen LogP contribution in [-0.2, 0) is 0 Å². The smallest absolute Gasteiger partial charge is 0.336 e. The van der Waals surface area contributed by atoms with Gasteiger partial charge in [-0.15, -0.1) is 0 Å². The molecule has 0 radical (unpaired) electrons. The van der Waals surface area contributed by atoms with Gasteiger partial charge in [-0.05, 0) is 85.3 Å². The number of aromatic carboxylic acids is 2. The zero-order valence-electron chi connectivity index (χ0n) is 23.1. The van der Waals surface area contributed by atoms with Crippen molar-refractivity contribution in [3.63, 3.8) is 0 Å². The molecule has 0 aromatic heterocycles.